The molecule has 0 radical (unpaired) electrons. The predicted octanol–water partition coefficient (Wildman–Crippen LogP) is 3.21. The first-order valence-electron chi connectivity index (χ1n) is 13.1. The number of nitrogens with zero attached hydrogens (tertiary/aromatic N) is 4. The maximum atomic E-state index is 13.8. The molecule has 4 rings (SSSR count). The van der Waals surface area contributed by atoms with Gasteiger partial charge in [-0.2, -0.15) is 18.2 Å². The molecule has 0 spiro atoms. The molecule has 0 amide bonds. The highest BCUT2D eigenvalue weighted by atomic mass is 19.4. The quantitative estimate of drug-likeness (QED) is 0.485. The Labute approximate surface area is 211 Å². The number of likely N-dealkylation sites (N-methyl/N-ethyl adjacent to an activating group) is 1. The number of quaternary nitrogens is 1. The molecule has 3 aliphatic rings. The molecule has 0 bridgehead atoms. The van der Waals surface area contributed by atoms with Gasteiger partial charge in [-0.25, -0.2) is 4.90 Å². The van der Waals surface area contributed by atoms with E-state index in [9.17, 15) is 13.2 Å². The summed E-state index contributed by atoms with van der Waals surface area (Å²) < 4.78 is 46.8. The predicted molar refractivity (Wildman–Crippen MR) is 135 cm³/mol. The third-order valence-electron chi connectivity index (χ3n) is 8.38. The van der Waals surface area contributed by atoms with Crippen LogP contribution in [0.25, 0.3) is 0 Å². The fraction of sp³-hybridized carbons (Fsp3) is 0.720. The van der Waals surface area contributed by atoms with Crippen molar-refractivity contribution in [2.24, 2.45) is 28.1 Å². The average Bonchev–Trinajstić information content (AvgIpc) is 3.29. The number of halogens is 3. The van der Waals surface area contributed by atoms with E-state index >= 15 is 0 Å². The van der Waals surface area contributed by atoms with Crippen molar-refractivity contribution in [3.05, 3.63) is 23.8 Å². The van der Waals surface area contributed by atoms with Crippen LogP contribution in [0, 0.1) is 5.92 Å². The minimum Gasteiger partial charge on any atom is -0.496 e. The van der Waals surface area contributed by atoms with Gasteiger partial charge in [0.15, 0.2) is 0 Å². The molecule has 2 fully saturated rings. The fourth-order valence-corrected chi connectivity index (χ4v) is 6.45. The maximum absolute atomic E-state index is 13.8. The molecule has 4 unspecified atom stereocenters. The third-order valence-corrected chi connectivity index (χ3v) is 8.38. The van der Waals surface area contributed by atoms with Crippen LogP contribution in [-0.4, -0.2) is 67.3 Å². The van der Waals surface area contributed by atoms with Gasteiger partial charge in [-0.05, 0) is 57.0 Å². The second-order valence-corrected chi connectivity index (χ2v) is 10.5. The van der Waals surface area contributed by atoms with Gasteiger partial charge in [0, 0.05) is 5.92 Å². The Balaban J connectivity index is 1.76. The standard InChI is InChI=1S/C25H41F3N7O/c1-3-33-13-7-10-19(33)16-35(15-17-8-5-4-6-9-17)23(30)32-22(29)34(24(35)31)18-11-12-21(36-2)20(14-18)25(26,27)28/h11-12,14,17,19,23-24H,3-10,13,15-16,30-31H2,1-2H3,(H2,29,32)/q+1. The first-order valence-corrected chi connectivity index (χ1v) is 13.1. The van der Waals surface area contributed by atoms with E-state index in [4.69, 9.17) is 21.9 Å². The number of aliphatic imine (C=N–C) groups is 1. The molecule has 4 atom stereocenters. The summed E-state index contributed by atoms with van der Waals surface area (Å²) in [5.41, 5.74) is 19.4. The molecule has 202 valence electrons. The lowest BCUT2D eigenvalue weighted by molar-refractivity contribution is -0.977. The van der Waals surface area contributed by atoms with Gasteiger partial charge in [-0.3, -0.25) is 20.9 Å². The summed E-state index contributed by atoms with van der Waals surface area (Å²) in [5, 5.41) is 0. The van der Waals surface area contributed by atoms with Gasteiger partial charge < -0.3 is 10.5 Å². The molecule has 1 aromatic carbocycles. The van der Waals surface area contributed by atoms with Gasteiger partial charge in [0.1, 0.15) is 5.75 Å². The summed E-state index contributed by atoms with van der Waals surface area (Å²) in [4.78, 5) is 8.58. The monoisotopic (exact) mass is 512 g/mol. The fourth-order valence-electron chi connectivity index (χ4n) is 6.45. The molecule has 0 aromatic heterocycles. The average molecular weight is 513 g/mol. The van der Waals surface area contributed by atoms with Crippen molar-refractivity contribution in [2.75, 3.05) is 38.2 Å². The number of anilines is 1. The number of ether oxygens (including phenoxy) is 1. The first kappa shape index (κ1) is 27.0. The van der Waals surface area contributed by atoms with Crippen LogP contribution in [0.1, 0.15) is 57.4 Å². The highest BCUT2D eigenvalue weighted by Crippen LogP contribution is 2.40. The largest absolute Gasteiger partial charge is 0.496 e. The zero-order valence-corrected chi connectivity index (χ0v) is 21.4. The number of alkyl halides is 3. The number of benzene rings is 1. The van der Waals surface area contributed by atoms with Gasteiger partial charge in [0.05, 0.1) is 37.5 Å². The molecule has 11 heteroatoms. The zero-order valence-electron chi connectivity index (χ0n) is 21.4. The SMILES string of the molecule is CCN1CCCC1C[N+]1(CC2CCCCC2)C(N)N=C(N)N(c2ccc(OC)c(C(F)(F)F)c2)C1N. The van der Waals surface area contributed by atoms with Gasteiger partial charge in [0.2, 0.25) is 18.5 Å². The Bertz CT molecular complexity index is 937. The number of likely N-dealkylation sites (tertiary alicyclic amines) is 1. The van der Waals surface area contributed by atoms with E-state index in [1.807, 2.05) is 0 Å². The van der Waals surface area contributed by atoms with E-state index in [2.05, 4.69) is 16.8 Å². The van der Waals surface area contributed by atoms with E-state index in [0.29, 0.717) is 12.5 Å². The van der Waals surface area contributed by atoms with Crippen LogP contribution in [0.4, 0.5) is 18.9 Å². The number of nitrogens with two attached hydrogens (primary N) is 3. The minimum absolute atomic E-state index is 0.0319. The molecule has 36 heavy (non-hydrogen) atoms. The Morgan fingerprint density at radius 2 is 1.81 bits per heavy atom. The van der Waals surface area contributed by atoms with Crippen molar-refractivity contribution in [1.29, 1.82) is 0 Å². The number of guanidine groups is 1. The van der Waals surface area contributed by atoms with E-state index in [-0.39, 0.29) is 27.9 Å². The van der Waals surface area contributed by atoms with Crippen molar-refractivity contribution in [3.63, 3.8) is 0 Å². The summed E-state index contributed by atoms with van der Waals surface area (Å²) in [6.45, 7) is 5.52. The summed E-state index contributed by atoms with van der Waals surface area (Å²) in [5.74, 6) is 0.214. The van der Waals surface area contributed by atoms with Gasteiger partial charge >= 0.3 is 6.18 Å². The lowest BCUT2D eigenvalue weighted by Crippen LogP contribution is -2.79. The topological polar surface area (TPSA) is 106 Å². The second-order valence-electron chi connectivity index (χ2n) is 10.5. The lowest BCUT2D eigenvalue weighted by Gasteiger charge is -2.54. The van der Waals surface area contributed by atoms with Crippen LogP contribution >= 0.6 is 0 Å². The van der Waals surface area contributed by atoms with Crippen LogP contribution in [-0.2, 0) is 6.18 Å². The van der Waals surface area contributed by atoms with E-state index in [1.54, 1.807) is 6.07 Å². The minimum atomic E-state index is -4.59. The molecule has 2 aliphatic heterocycles. The molecule has 8 nitrogen and oxygen atoms in total. The van der Waals surface area contributed by atoms with Crippen LogP contribution in [0.2, 0.25) is 0 Å². The van der Waals surface area contributed by atoms with Crippen molar-refractivity contribution < 1.29 is 22.4 Å². The van der Waals surface area contributed by atoms with E-state index < -0.39 is 24.3 Å². The molecule has 2 heterocycles. The van der Waals surface area contributed by atoms with Gasteiger partial charge in [-0.1, -0.05) is 26.2 Å². The number of hydrogen-bond donors (Lipinski definition) is 3. The molecule has 1 saturated heterocycles. The summed E-state index contributed by atoms with van der Waals surface area (Å²) in [6, 6.07) is 4.18. The van der Waals surface area contributed by atoms with Crippen molar-refractivity contribution >= 4 is 11.6 Å². The van der Waals surface area contributed by atoms with E-state index in [1.165, 1.54) is 37.3 Å². The Kier molecular flexibility index (Phi) is 8.04. The molecule has 6 N–H and O–H groups in total. The molecular weight excluding hydrogens is 471 g/mol. The van der Waals surface area contributed by atoms with Crippen molar-refractivity contribution in [2.45, 2.75) is 76.7 Å². The third kappa shape index (κ3) is 5.16. The number of methoxy groups -OCH3 is 1. The Hall–Kier alpha value is -2.08. The maximum Gasteiger partial charge on any atom is 0.420 e. The zero-order chi connectivity index (χ0) is 26.1. The smallest absolute Gasteiger partial charge is 0.420 e. The van der Waals surface area contributed by atoms with Crippen LogP contribution in [0.3, 0.4) is 0 Å². The number of rotatable bonds is 7. The highest BCUT2D eigenvalue weighted by molar-refractivity contribution is 5.95. The molecule has 1 aliphatic carbocycles. The Morgan fingerprint density at radius 3 is 2.44 bits per heavy atom. The lowest BCUT2D eigenvalue weighted by atomic mass is 9.88. The van der Waals surface area contributed by atoms with Crippen LogP contribution in [0.5, 0.6) is 5.75 Å². The number of hydrogen-bond acceptors (Lipinski definition) is 7. The summed E-state index contributed by atoms with van der Waals surface area (Å²) in [6.07, 6.45) is 1.86. The normalized spacial score (nSPS) is 30.5. The molecule has 1 aromatic rings. The van der Waals surface area contributed by atoms with Crippen molar-refractivity contribution in [3.8, 4) is 5.75 Å². The van der Waals surface area contributed by atoms with Gasteiger partial charge in [0.25, 0.3) is 0 Å². The summed E-state index contributed by atoms with van der Waals surface area (Å²) >= 11 is 0. The second kappa shape index (κ2) is 10.7. The van der Waals surface area contributed by atoms with E-state index in [0.717, 1.165) is 51.4 Å². The van der Waals surface area contributed by atoms with Crippen molar-refractivity contribution in [1.82, 2.24) is 4.90 Å². The van der Waals surface area contributed by atoms with Crippen LogP contribution < -0.4 is 26.8 Å². The first-order chi connectivity index (χ1) is 17.1. The molecule has 1 saturated carbocycles. The molecular formula is C25H41F3N7O+. The highest BCUT2D eigenvalue weighted by Gasteiger charge is 2.52. The Morgan fingerprint density at radius 1 is 1.08 bits per heavy atom. The van der Waals surface area contributed by atoms with Crippen LogP contribution in [0.15, 0.2) is 23.2 Å². The summed E-state index contributed by atoms with van der Waals surface area (Å²) in [7, 11) is 1.22. The van der Waals surface area contributed by atoms with Gasteiger partial charge in [-0.15, -0.1) is 0 Å².